The smallest absolute Gasteiger partial charge is 0.251 e. The molecule has 98 valence electrons. The van der Waals surface area contributed by atoms with E-state index in [1.54, 1.807) is 25.3 Å². The quantitative estimate of drug-likeness (QED) is 0.886. The Morgan fingerprint density at radius 3 is 2.74 bits per heavy atom. The van der Waals surface area contributed by atoms with Gasteiger partial charge in [0.25, 0.3) is 5.91 Å². The van der Waals surface area contributed by atoms with Crippen LogP contribution in [0.5, 0.6) is 5.75 Å². The van der Waals surface area contributed by atoms with E-state index in [4.69, 9.17) is 0 Å². The van der Waals surface area contributed by atoms with Gasteiger partial charge in [-0.1, -0.05) is 6.07 Å². The number of rotatable bonds is 3. The fraction of sp³-hybridized carbons (Fsp3) is 0.200. The summed E-state index contributed by atoms with van der Waals surface area (Å²) in [6.45, 7) is 4.15. The second kappa shape index (κ2) is 5.52. The lowest BCUT2D eigenvalue weighted by molar-refractivity contribution is 0.0950. The van der Waals surface area contributed by atoms with E-state index in [0.717, 1.165) is 16.8 Å². The number of carbonyl (C=O) groups excluding carboxylic acids is 1. The summed E-state index contributed by atoms with van der Waals surface area (Å²) in [5, 5.41) is 12.2. The van der Waals surface area contributed by atoms with Crippen LogP contribution >= 0.6 is 0 Å². The number of amides is 1. The third-order valence-corrected chi connectivity index (χ3v) is 2.99. The molecule has 2 rings (SSSR count). The predicted octanol–water partition coefficient (Wildman–Crippen LogP) is 2.33. The molecular weight excluding hydrogens is 240 g/mol. The van der Waals surface area contributed by atoms with Crippen molar-refractivity contribution >= 4 is 5.91 Å². The molecule has 1 heterocycles. The van der Waals surface area contributed by atoms with Gasteiger partial charge in [-0.05, 0) is 49.2 Å². The van der Waals surface area contributed by atoms with Crippen molar-refractivity contribution in [3.63, 3.8) is 0 Å². The first-order valence-corrected chi connectivity index (χ1v) is 6.06. The number of carbonyl (C=O) groups is 1. The summed E-state index contributed by atoms with van der Waals surface area (Å²) in [6, 6.07) is 8.52. The zero-order valence-corrected chi connectivity index (χ0v) is 11.0. The molecule has 0 unspecified atom stereocenters. The van der Waals surface area contributed by atoms with Crippen LogP contribution < -0.4 is 5.32 Å². The molecule has 0 radical (unpaired) electrons. The first-order chi connectivity index (χ1) is 9.08. The largest absolute Gasteiger partial charge is 0.508 e. The third kappa shape index (κ3) is 3.10. The number of aryl methyl sites for hydroxylation is 2. The van der Waals surface area contributed by atoms with E-state index in [1.165, 1.54) is 6.07 Å². The van der Waals surface area contributed by atoms with Crippen LogP contribution in [0.3, 0.4) is 0 Å². The van der Waals surface area contributed by atoms with Crippen molar-refractivity contribution in [1.82, 2.24) is 10.3 Å². The molecule has 4 nitrogen and oxygen atoms in total. The molecule has 0 saturated heterocycles. The van der Waals surface area contributed by atoms with Gasteiger partial charge < -0.3 is 10.4 Å². The van der Waals surface area contributed by atoms with Crippen LogP contribution in [0.25, 0.3) is 0 Å². The molecule has 0 aliphatic rings. The molecule has 1 aromatic heterocycles. The summed E-state index contributed by atoms with van der Waals surface area (Å²) in [4.78, 5) is 16.3. The average Bonchev–Trinajstić information content (AvgIpc) is 2.37. The standard InChI is InChI=1S/C15H16N2O2/c1-10-4-3-7-16-14(10)9-17-15(19)13-6-5-12(18)8-11(13)2/h3-8,18H,9H2,1-2H3,(H,17,19). The lowest BCUT2D eigenvalue weighted by Crippen LogP contribution is -2.24. The van der Waals surface area contributed by atoms with E-state index in [2.05, 4.69) is 10.3 Å². The highest BCUT2D eigenvalue weighted by Crippen LogP contribution is 2.15. The molecule has 2 aromatic rings. The van der Waals surface area contributed by atoms with E-state index >= 15 is 0 Å². The second-order valence-corrected chi connectivity index (χ2v) is 4.45. The molecular formula is C15H16N2O2. The lowest BCUT2D eigenvalue weighted by Gasteiger charge is -2.09. The number of aromatic nitrogens is 1. The van der Waals surface area contributed by atoms with Crippen molar-refractivity contribution in [3.05, 3.63) is 58.9 Å². The second-order valence-electron chi connectivity index (χ2n) is 4.45. The highest BCUT2D eigenvalue weighted by atomic mass is 16.3. The Morgan fingerprint density at radius 1 is 1.26 bits per heavy atom. The van der Waals surface area contributed by atoms with Gasteiger partial charge in [0, 0.05) is 11.8 Å². The van der Waals surface area contributed by atoms with Crippen molar-refractivity contribution < 1.29 is 9.90 Å². The van der Waals surface area contributed by atoms with Crippen LogP contribution in [0.15, 0.2) is 36.5 Å². The van der Waals surface area contributed by atoms with Crippen LogP contribution in [-0.2, 0) is 6.54 Å². The van der Waals surface area contributed by atoms with Crippen molar-refractivity contribution in [1.29, 1.82) is 0 Å². The molecule has 2 N–H and O–H groups in total. The summed E-state index contributed by atoms with van der Waals surface area (Å²) >= 11 is 0. The summed E-state index contributed by atoms with van der Waals surface area (Å²) in [5.74, 6) is -0.00262. The van der Waals surface area contributed by atoms with Gasteiger partial charge in [-0.3, -0.25) is 9.78 Å². The van der Waals surface area contributed by atoms with E-state index in [0.29, 0.717) is 12.1 Å². The zero-order chi connectivity index (χ0) is 13.8. The van der Waals surface area contributed by atoms with E-state index in [9.17, 15) is 9.90 Å². The Balaban J connectivity index is 2.08. The Labute approximate surface area is 112 Å². The number of nitrogens with one attached hydrogen (secondary N) is 1. The minimum absolute atomic E-state index is 0.162. The fourth-order valence-corrected chi connectivity index (χ4v) is 1.87. The summed E-state index contributed by atoms with van der Waals surface area (Å²) in [7, 11) is 0. The molecule has 0 saturated carbocycles. The van der Waals surface area contributed by atoms with Gasteiger partial charge in [0.1, 0.15) is 5.75 Å². The fourth-order valence-electron chi connectivity index (χ4n) is 1.87. The maximum atomic E-state index is 12.0. The molecule has 1 amide bonds. The molecule has 0 fully saturated rings. The number of phenols is 1. The van der Waals surface area contributed by atoms with Gasteiger partial charge in [-0.15, -0.1) is 0 Å². The Kier molecular flexibility index (Phi) is 3.80. The van der Waals surface area contributed by atoms with Gasteiger partial charge >= 0.3 is 0 Å². The van der Waals surface area contributed by atoms with Gasteiger partial charge in [0.05, 0.1) is 12.2 Å². The topological polar surface area (TPSA) is 62.2 Å². The number of benzene rings is 1. The van der Waals surface area contributed by atoms with Crippen molar-refractivity contribution in [2.45, 2.75) is 20.4 Å². The molecule has 0 bridgehead atoms. The molecule has 19 heavy (non-hydrogen) atoms. The average molecular weight is 256 g/mol. The third-order valence-electron chi connectivity index (χ3n) is 2.99. The molecule has 0 atom stereocenters. The van der Waals surface area contributed by atoms with E-state index < -0.39 is 0 Å². The number of hydrogen-bond donors (Lipinski definition) is 2. The number of nitrogens with zero attached hydrogens (tertiary/aromatic N) is 1. The highest BCUT2D eigenvalue weighted by molar-refractivity contribution is 5.95. The lowest BCUT2D eigenvalue weighted by atomic mass is 10.1. The van der Waals surface area contributed by atoms with Gasteiger partial charge in [-0.25, -0.2) is 0 Å². The van der Waals surface area contributed by atoms with E-state index in [-0.39, 0.29) is 11.7 Å². The monoisotopic (exact) mass is 256 g/mol. The Hall–Kier alpha value is -2.36. The van der Waals surface area contributed by atoms with Gasteiger partial charge in [-0.2, -0.15) is 0 Å². The van der Waals surface area contributed by atoms with Crippen LogP contribution in [0.4, 0.5) is 0 Å². The maximum Gasteiger partial charge on any atom is 0.251 e. The normalized spacial score (nSPS) is 10.2. The van der Waals surface area contributed by atoms with Crippen molar-refractivity contribution in [3.8, 4) is 5.75 Å². The first kappa shape index (κ1) is 13.1. The number of aromatic hydroxyl groups is 1. The molecule has 0 spiro atoms. The molecule has 0 aliphatic heterocycles. The number of pyridine rings is 1. The molecule has 0 aliphatic carbocycles. The van der Waals surface area contributed by atoms with Crippen LogP contribution in [0.2, 0.25) is 0 Å². The SMILES string of the molecule is Cc1cc(O)ccc1C(=O)NCc1ncccc1C. The van der Waals surface area contributed by atoms with E-state index in [1.807, 2.05) is 19.1 Å². The van der Waals surface area contributed by atoms with Crippen molar-refractivity contribution in [2.24, 2.45) is 0 Å². The molecule has 1 aromatic carbocycles. The number of phenolic OH excluding ortho intramolecular Hbond substituents is 1. The predicted molar refractivity (Wildman–Crippen MR) is 73.0 cm³/mol. The van der Waals surface area contributed by atoms with Crippen LogP contribution in [0.1, 0.15) is 27.2 Å². The van der Waals surface area contributed by atoms with Crippen LogP contribution in [0, 0.1) is 13.8 Å². The zero-order valence-electron chi connectivity index (χ0n) is 11.0. The highest BCUT2D eigenvalue weighted by Gasteiger charge is 2.09. The van der Waals surface area contributed by atoms with Gasteiger partial charge in [0.15, 0.2) is 0 Å². The maximum absolute atomic E-state index is 12.0. The summed E-state index contributed by atoms with van der Waals surface area (Å²) < 4.78 is 0. The minimum atomic E-state index is -0.164. The Bertz CT molecular complexity index is 609. The van der Waals surface area contributed by atoms with Crippen LogP contribution in [-0.4, -0.2) is 16.0 Å². The molecule has 4 heteroatoms. The summed E-state index contributed by atoms with van der Waals surface area (Å²) in [6.07, 6.45) is 1.71. The first-order valence-electron chi connectivity index (χ1n) is 6.06. The Morgan fingerprint density at radius 2 is 2.05 bits per heavy atom. The van der Waals surface area contributed by atoms with Crippen molar-refractivity contribution in [2.75, 3.05) is 0 Å². The minimum Gasteiger partial charge on any atom is -0.508 e. The summed E-state index contributed by atoms with van der Waals surface area (Å²) in [5.41, 5.74) is 3.21. The van der Waals surface area contributed by atoms with Gasteiger partial charge in [0.2, 0.25) is 0 Å². The number of hydrogen-bond acceptors (Lipinski definition) is 3.